The lowest BCUT2D eigenvalue weighted by Gasteiger charge is -2.11. The van der Waals surface area contributed by atoms with Gasteiger partial charge < -0.3 is 19.4 Å². The highest BCUT2D eigenvalue weighted by Gasteiger charge is 2.31. The molecule has 0 fully saturated rings. The van der Waals surface area contributed by atoms with Crippen LogP contribution in [-0.2, 0) is 29.3 Å². The number of carbonyl (C=O) groups excluding carboxylic acids is 1. The molecule has 0 saturated heterocycles. The summed E-state index contributed by atoms with van der Waals surface area (Å²) in [6.45, 7) is 4.22. The molecule has 0 bridgehead atoms. The summed E-state index contributed by atoms with van der Waals surface area (Å²) in [6, 6.07) is 16.5. The van der Waals surface area contributed by atoms with Gasteiger partial charge in [0.15, 0.2) is 5.78 Å². The molecular weight excluding hydrogens is 494 g/mol. The molecule has 0 saturated carbocycles. The van der Waals surface area contributed by atoms with Crippen LogP contribution in [0.4, 0.5) is 0 Å². The fourth-order valence-corrected chi connectivity index (χ4v) is 4.55. The van der Waals surface area contributed by atoms with E-state index in [-0.39, 0.29) is 12.4 Å². The van der Waals surface area contributed by atoms with E-state index in [2.05, 4.69) is 8.83 Å². The highest BCUT2D eigenvalue weighted by atomic mass is 31.3. The molecule has 11 heteroatoms. The molecule has 2 rings (SSSR count). The Morgan fingerprint density at radius 3 is 2.29 bits per heavy atom. The van der Waals surface area contributed by atoms with Gasteiger partial charge in [0.05, 0.1) is 19.8 Å². The lowest BCUT2D eigenvalue weighted by atomic mass is 10.0. The second-order valence-corrected chi connectivity index (χ2v) is 10.7. The van der Waals surface area contributed by atoms with Crippen LogP contribution in [0.5, 0.6) is 0 Å². The van der Waals surface area contributed by atoms with Crippen LogP contribution >= 0.6 is 15.6 Å². The minimum absolute atomic E-state index is 0.0338. The molecular formula is C24H30O9P2. The molecule has 1 atom stereocenters. The van der Waals surface area contributed by atoms with Crippen LogP contribution in [0.25, 0.3) is 0 Å². The third kappa shape index (κ3) is 11.9. The summed E-state index contributed by atoms with van der Waals surface area (Å²) in [4.78, 5) is 38.9. The van der Waals surface area contributed by atoms with Crippen molar-refractivity contribution in [3.8, 4) is 0 Å². The van der Waals surface area contributed by atoms with Crippen LogP contribution in [0.15, 0.2) is 77.9 Å². The number of hydrogen-bond acceptors (Lipinski definition) is 6. The number of ketones is 1. The smallest absolute Gasteiger partial charge is 0.372 e. The van der Waals surface area contributed by atoms with Crippen molar-refractivity contribution >= 4 is 21.4 Å². The highest BCUT2D eigenvalue weighted by molar-refractivity contribution is 7.60. The second-order valence-electron chi connectivity index (χ2n) is 7.86. The van der Waals surface area contributed by atoms with E-state index in [4.69, 9.17) is 14.5 Å². The summed E-state index contributed by atoms with van der Waals surface area (Å²) < 4.78 is 36.0. The van der Waals surface area contributed by atoms with Crippen LogP contribution < -0.4 is 0 Å². The first-order chi connectivity index (χ1) is 16.5. The number of benzene rings is 2. The van der Waals surface area contributed by atoms with Crippen molar-refractivity contribution in [1.29, 1.82) is 0 Å². The van der Waals surface area contributed by atoms with E-state index in [1.54, 1.807) is 25.1 Å². The summed E-state index contributed by atoms with van der Waals surface area (Å²) in [5.74, 6) is -0.0338. The van der Waals surface area contributed by atoms with Crippen molar-refractivity contribution in [2.75, 3.05) is 13.2 Å². The summed E-state index contributed by atoms with van der Waals surface area (Å²) in [5, 5.41) is 0. The fraction of sp³-hybridized carbons (Fsp3) is 0.292. The number of phosphoric ester groups is 1. The van der Waals surface area contributed by atoms with Crippen molar-refractivity contribution < 1.29 is 42.2 Å². The maximum Gasteiger partial charge on any atom is 0.481 e. The quantitative estimate of drug-likeness (QED) is 0.170. The SMILES string of the molecule is CC(=CCOP(=O)(O)OP(=O)(O)O)CCC=C(C)COCc1cccc(C(=O)c2ccccc2)c1. The molecule has 3 N–H and O–H groups in total. The zero-order chi connectivity index (χ0) is 25.9. The van der Waals surface area contributed by atoms with E-state index >= 15 is 0 Å². The Kier molecular flexibility index (Phi) is 11.4. The summed E-state index contributed by atoms with van der Waals surface area (Å²) in [7, 11) is -9.95. The van der Waals surface area contributed by atoms with Crippen LogP contribution in [-0.4, -0.2) is 33.7 Å². The molecule has 0 amide bonds. The van der Waals surface area contributed by atoms with Gasteiger partial charge in [0.1, 0.15) is 0 Å². The summed E-state index contributed by atoms with van der Waals surface area (Å²) in [5.41, 5.74) is 4.05. The van der Waals surface area contributed by atoms with Crippen molar-refractivity contribution in [3.63, 3.8) is 0 Å². The minimum atomic E-state index is -5.12. The highest BCUT2D eigenvalue weighted by Crippen LogP contribution is 2.57. The van der Waals surface area contributed by atoms with Crippen LogP contribution in [0.2, 0.25) is 0 Å². The molecule has 0 aromatic heterocycles. The second kappa shape index (κ2) is 13.8. The Hall–Kier alpha value is -2.19. The molecule has 1 unspecified atom stereocenters. The molecule has 9 nitrogen and oxygen atoms in total. The Morgan fingerprint density at radius 2 is 1.60 bits per heavy atom. The van der Waals surface area contributed by atoms with Gasteiger partial charge in [-0.2, -0.15) is 4.31 Å². The van der Waals surface area contributed by atoms with Gasteiger partial charge in [-0.1, -0.05) is 71.8 Å². The number of allylic oxidation sites excluding steroid dienone is 2. The number of ether oxygens (including phenoxy) is 1. The number of carbonyl (C=O) groups is 1. The van der Waals surface area contributed by atoms with Gasteiger partial charge in [-0.25, -0.2) is 9.13 Å². The van der Waals surface area contributed by atoms with Crippen molar-refractivity contribution in [1.82, 2.24) is 0 Å². The van der Waals surface area contributed by atoms with Crippen molar-refractivity contribution in [2.24, 2.45) is 0 Å². The minimum Gasteiger partial charge on any atom is -0.372 e. The Labute approximate surface area is 204 Å². The van der Waals surface area contributed by atoms with Gasteiger partial charge in [-0.05, 0) is 38.3 Å². The van der Waals surface area contributed by atoms with Gasteiger partial charge in [0, 0.05) is 11.1 Å². The van der Waals surface area contributed by atoms with Crippen LogP contribution in [0.3, 0.4) is 0 Å². The van der Waals surface area contributed by atoms with Crippen LogP contribution in [0, 0.1) is 0 Å². The lowest BCUT2D eigenvalue weighted by molar-refractivity contribution is 0.103. The van der Waals surface area contributed by atoms with Gasteiger partial charge >= 0.3 is 15.6 Å². The molecule has 0 heterocycles. The monoisotopic (exact) mass is 524 g/mol. The van der Waals surface area contributed by atoms with Gasteiger partial charge in [0.2, 0.25) is 0 Å². The Bertz CT molecular complexity index is 1140. The first-order valence-corrected chi connectivity index (χ1v) is 13.8. The number of phosphoric acid groups is 2. The predicted octanol–water partition coefficient (Wildman–Crippen LogP) is 5.33. The third-order valence-corrected chi connectivity index (χ3v) is 6.89. The maximum atomic E-state index is 12.6. The van der Waals surface area contributed by atoms with E-state index in [0.717, 1.165) is 16.7 Å². The maximum absolute atomic E-state index is 12.6. The van der Waals surface area contributed by atoms with E-state index < -0.39 is 15.6 Å². The van der Waals surface area contributed by atoms with Gasteiger partial charge in [-0.15, -0.1) is 0 Å². The largest absolute Gasteiger partial charge is 0.481 e. The third-order valence-electron chi connectivity index (χ3n) is 4.73. The fourth-order valence-electron chi connectivity index (χ4n) is 3.03. The average molecular weight is 524 g/mol. The van der Waals surface area contributed by atoms with Gasteiger partial charge in [0.25, 0.3) is 0 Å². The van der Waals surface area contributed by atoms with Gasteiger partial charge in [-0.3, -0.25) is 9.32 Å². The first-order valence-electron chi connectivity index (χ1n) is 10.8. The normalized spacial score (nSPS) is 14.5. The summed E-state index contributed by atoms with van der Waals surface area (Å²) >= 11 is 0. The molecule has 2 aromatic carbocycles. The Balaban J connectivity index is 1.74. The first kappa shape index (κ1) is 29.0. The van der Waals surface area contributed by atoms with Crippen molar-refractivity contribution in [3.05, 3.63) is 94.6 Å². The molecule has 35 heavy (non-hydrogen) atoms. The zero-order valence-corrected chi connectivity index (χ0v) is 21.4. The average Bonchev–Trinajstić information content (AvgIpc) is 2.77. The molecule has 0 aliphatic carbocycles. The topological polar surface area (TPSA) is 140 Å². The summed E-state index contributed by atoms with van der Waals surface area (Å²) in [6.07, 6.45) is 4.91. The predicted molar refractivity (Wildman–Crippen MR) is 132 cm³/mol. The molecule has 190 valence electrons. The molecule has 2 aromatic rings. The molecule has 0 spiro atoms. The molecule has 0 radical (unpaired) electrons. The zero-order valence-electron chi connectivity index (χ0n) is 19.6. The van der Waals surface area contributed by atoms with E-state index in [0.29, 0.717) is 37.2 Å². The lowest BCUT2D eigenvalue weighted by Crippen LogP contribution is -2.03. The van der Waals surface area contributed by atoms with E-state index in [1.807, 2.05) is 49.4 Å². The molecule has 0 aliphatic heterocycles. The molecule has 0 aliphatic rings. The van der Waals surface area contributed by atoms with Crippen LogP contribution in [0.1, 0.15) is 48.2 Å². The Morgan fingerprint density at radius 1 is 0.914 bits per heavy atom. The van der Waals surface area contributed by atoms with E-state index in [9.17, 15) is 18.8 Å². The van der Waals surface area contributed by atoms with E-state index in [1.165, 1.54) is 6.08 Å². The number of rotatable bonds is 14. The van der Waals surface area contributed by atoms with Crippen molar-refractivity contribution in [2.45, 2.75) is 33.3 Å². The number of hydrogen-bond donors (Lipinski definition) is 3. The standard InChI is InChI=1S/C24H30O9P2/c1-19(14-15-32-35(29,30)33-34(26,27)28)8-6-9-20(2)17-31-18-21-10-7-13-23(16-21)24(25)22-11-4-3-5-12-22/h3-5,7,9-14,16H,6,8,15,17-18H2,1-2H3,(H,29,30)(H2,26,27,28).